The number of nitrogens with zero attached hydrogens (tertiary/aromatic N) is 1. The van der Waals surface area contributed by atoms with Crippen LogP contribution in [0.3, 0.4) is 0 Å². The van der Waals surface area contributed by atoms with E-state index in [1.54, 1.807) is 17.0 Å². The average molecular weight is 354 g/mol. The first kappa shape index (κ1) is 18.1. The number of hydrogen-bond acceptors (Lipinski definition) is 2. The molecule has 1 atom stereocenters. The van der Waals surface area contributed by atoms with Gasteiger partial charge in [-0.2, -0.15) is 0 Å². The van der Waals surface area contributed by atoms with Crippen LogP contribution in [-0.4, -0.2) is 18.4 Å². The van der Waals surface area contributed by atoms with Crippen molar-refractivity contribution in [3.05, 3.63) is 59.4 Å². The lowest BCUT2D eigenvalue weighted by molar-refractivity contribution is -0.122. The number of aryl methyl sites for hydroxylation is 1. The molecule has 1 heterocycles. The quantitative estimate of drug-likeness (QED) is 0.892. The Bertz CT molecular complexity index is 830. The van der Waals surface area contributed by atoms with E-state index in [0.717, 1.165) is 16.8 Å². The number of carbonyl (C=O) groups is 2. The van der Waals surface area contributed by atoms with Crippen LogP contribution in [0.1, 0.15) is 37.3 Å². The third kappa shape index (κ3) is 3.62. The molecule has 2 aromatic rings. The summed E-state index contributed by atoms with van der Waals surface area (Å²) in [6, 6.07) is 11.7. The smallest absolute Gasteiger partial charge is 0.229 e. The van der Waals surface area contributed by atoms with Crippen LogP contribution in [0.5, 0.6) is 0 Å². The minimum atomic E-state index is -0.424. The normalized spacial score (nSPS) is 17.0. The highest BCUT2D eigenvalue weighted by Crippen LogP contribution is 2.30. The van der Waals surface area contributed by atoms with Gasteiger partial charge in [-0.1, -0.05) is 32.0 Å². The van der Waals surface area contributed by atoms with Crippen molar-refractivity contribution >= 4 is 23.2 Å². The number of para-hydroxylation sites is 1. The molecule has 0 saturated carbocycles. The van der Waals surface area contributed by atoms with Crippen molar-refractivity contribution < 1.29 is 14.0 Å². The van der Waals surface area contributed by atoms with E-state index in [9.17, 15) is 14.0 Å². The van der Waals surface area contributed by atoms with Gasteiger partial charge in [0.1, 0.15) is 5.82 Å². The predicted molar refractivity (Wildman–Crippen MR) is 101 cm³/mol. The summed E-state index contributed by atoms with van der Waals surface area (Å²) in [7, 11) is 0. The molecule has 1 fully saturated rings. The lowest BCUT2D eigenvalue weighted by Crippen LogP contribution is -2.28. The molecule has 136 valence electrons. The van der Waals surface area contributed by atoms with Crippen molar-refractivity contribution in [1.82, 2.24) is 0 Å². The van der Waals surface area contributed by atoms with Gasteiger partial charge in [0.25, 0.3) is 0 Å². The Labute approximate surface area is 153 Å². The molecule has 1 N–H and O–H groups in total. The minimum absolute atomic E-state index is 0.120. The predicted octanol–water partition coefficient (Wildman–Crippen LogP) is 4.25. The molecule has 2 amide bonds. The van der Waals surface area contributed by atoms with Crippen LogP contribution in [0.4, 0.5) is 15.8 Å². The standard InChI is InChI=1S/C21H23FN2O2/c1-13(2)18-6-4-5-14(3)20(18)23-21(26)15-11-19(25)24(12-15)17-9-7-16(22)8-10-17/h4-10,13,15H,11-12H2,1-3H3,(H,23,26). The largest absolute Gasteiger partial charge is 0.325 e. The Balaban J connectivity index is 1.76. The highest BCUT2D eigenvalue weighted by Gasteiger charge is 2.35. The Morgan fingerprint density at radius 1 is 1.19 bits per heavy atom. The summed E-state index contributed by atoms with van der Waals surface area (Å²) < 4.78 is 13.1. The fourth-order valence-electron chi connectivity index (χ4n) is 3.32. The molecule has 1 aliphatic rings. The fraction of sp³-hybridized carbons (Fsp3) is 0.333. The van der Waals surface area contributed by atoms with E-state index in [1.165, 1.54) is 12.1 Å². The Morgan fingerprint density at radius 3 is 2.54 bits per heavy atom. The Hall–Kier alpha value is -2.69. The molecule has 3 rings (SSSR count). The van der Waals surface area contributed by atoms with Crippen molar-refractivity contribution in [3.8, 4) is 0 Å². The maximum atomic E-state index is 13.1. The number of hydrogen-bond donors (Lipinski definition) is 1. The van der Waals surface area contributed by atoms with Gasteiger partial charge in [-0.3, -0.25) is 9.59 Å². The van der Waals surface area contributed by atoms with Crippen LogP contribution >= 0.6 is 0 Å². The summed E-state index contributed by atoms with van der Waals surface area (Å²) in [5.41, 5.74) is 3.54. The van der Waals surface area contributed by atoms with E-state index < -0.39 is 5.92 Å². The van der Waals surface area contributed by atoms with E-state index in [4.69, 9.17) is 0 Å². The summed E-state index contributed by atoms with van der Waals surface area (Å²) in [4.78, 5) is 26.6. The SMILES string of the molecule is Cc1cccc(C(C)C)c1NC(=O)C1CC(=O)N(c2ccc(F)cc2)C1. The fourth-order valence-corrected chi connectivity index (χ4v) is 3.32. The second-order valence-electron chi connectivity index (χ2n) is 7.06. The molecule has 1 aliphatic heterocycles. The van der Waals surface area contributed by atoms with Gasteiger partial charge in [0.05, 0.1) is 5.92 Å². The van der Waals surface area contributed by atoms with Gasteiger partial charge in [0.2, 0.25) is 11.8 Å². The van der Waals surface area contributed by atoms with Crippen LogP contribution in [0, 0.1) is 18.7 Å². The summed E-state index contributed by atoms with van der Waals surface area (Å²) in [6.45, 7) is 6.44. The third-order valence-electron chi connectivity index (χ3n) is 4.81. The average Bonchev–Trinajstić information content (AvgIpc) is 2.99. The zero-order chi connectivity index (χ0) is 18.8. The van der Waals surface area contributed by atoms with Crippen molar-refractivity contribution in [3.63, 3.8) is 0 Å². The molecule has 1 saturated heterocycles. The number of carbonyl (C=O) groups excluding carboxylic acids is 2. The number of amides is 2. The molecule has 26 heavy (non-hydrogen) atoms. The number of anilines is 2. The minimum Gasteiger partial charge on any atom is -0.325 e. The Morgan fingerprint density at radius 2 is 1.88 bits per heavy atom. The summed E-state index contributed by atoms with van der Waals surface area (Å²) in [5.74, 6) is -0.765. The van der Waals surface area contributed by atoms with Gasteiger partial charge in [-0.15, -0.1) is 0 Å². The molecule has 2 aromatic carbocycles. The van der Waals surface area contributed by atoms with E-state index in [2.05, 4.69) is 19.2 Å². The molecule has 5 heteroatoms. The van der Waals surface area contributed by atoms with Gasteiger partial charge in [-0.25, -0.2) is 4.39 Å². The molecule has 0 bridgehead atoms. The monoisotopic (exact) mass is 354 g/mol. The van der Waals surface area contributed by atoms with Gasteiger partial charge in [0, 0.05) is 24.3 Å². The second-order valence-corrected chi connectivity index (χ2v) is 7.06. The van der Waals surface area contributed by atoms with Gasteiger partial charge >= 0.3 is 0 Å². The van der Waals surface area contributed by atoms with Crippen molar-refractivity contribution in [1.29, 1.82) is 0 Å². The van der Waals surface area contributed by atoms with E-state index in [1.807, 2.05) is 25.1 Å². The highest BCUT2D eigenvalue weighted by molar-refractivity contribution is 6.04. The van der Waals surface area contributed by atoms with Crippen LogP contribution in [0.15, 0.2) is 42.5 Å². The van der Waals surface area contributed by atoms with Gasteiger partial charge < -0.3 is 10.2 Å². The number of nitrogens with one attached hydrogen (secondary N) is 1. The van der Waals surface area contributed by atoms with Crippen LogP contribution in [-0.2, 0) is 9.59 Å². The van der Waals surface area contributed by atoms with Crippen molar-refractivity contribution in [2.75, 3.05) is 16.8 Å². The number of halogens is 1. The zero-order valence-corrected chi connectivity index (χ0v) is 15.3. The van der Waals surface area contributed by atoms with Crippen LogP contribution < -0.4 is 10.2 Å². The number of rotatable bonds is 4. The molecular weight excluding hydrogens is 331 g/mol. The zero-order valence-electron chi connectivity index (χ0n) is 15.3. The van der Waals surface area contributed by atoms with Crippen molar-refractivity contribution in [2.45, 2.75) is 33.1 Å². The first-order valence-corrected chi connectivity index (χ1v) is 8.83. The van der Waals surface area contributed by atoms with E-state index >= 15 is 0 Å². The molecule has 0 radical (unpaired) electrons. The second kappa shape index (κ2) is 7.28. The molecule has 0 aromatic heterocycles. The topological polar surface area (TPSA) is 49.4 Å². The third-order valence-corrected chi connectivity index (χ3v) is 4.81. The van der Waals surface area contributed by atoms with Gasteiger partial charge in [-0.05, 0) is 48.2 Å². The lowest BCUT2D eigenvalue weighted by Gasteiger charge is -2.19. The number of benzene rings is 2. The van der Waals surface area contributed by atoms with E-state index in [0.29, 0.717) is 12.2 Å². The van der Waals surface area contributed by atoms with Crippen LogP contribution in [0.2, 0.25) is 0 Å². The maximum absolute atomic E-state index is 13.1. The first-order valence-electron chi connectivity index (χ1n) is 8.83. The first-order chi connectivity index (χ1) is 12.4. The Kier molecular flexibility index (Phi) is 5.07. The van der Waals surface area contributed by atoms with Gasteiger partial charge in [0.15, 0.2) is 0 Å². The molecule has 4 nitrogen and oxygen atoms in total. The summed E-state index contributed by atoms with van der Waals surface area (Å²) in [5, 5.41) is 3.03. The molecule has 0 spiro atoms. The molecule has 0 aliphatic carbocycles. The highest BCUT2D eigenvalue weighted by atomic mass is 19.1. The maximum Gasteiger partial charge on any atom is 0.229 e. The molecule has 1 unspecified atom stereocenters. The van der Waals surface area contributed by atoms with Crippen LogP contribution in [0.25, 0.3) is 0 Å². The summed E-state index contributed by atoms with van der Waals surface area (Å²) >= 11 is 0. The lowest BCUT2D eigenvalue weighted by atomic mass is 9.97. The van der Waals surface area contributed by atoms with E-state index in [-0.39, 0.29) is 30.0 Å². The van der Waals surface area contributed by atoms with Crippen molar-refractivity contribution in [2.24, 2.45) is 5.92 Å². The summed E-state index contributed by atoms with van der Waals surface area (Å²) in [6.07, 6.45) is 0.159. The molecular formula is C21H23FN2O2.